The number of aliphatic hydroxyl groups is 4. The highest BCUT2D eigenvalue weighted by Crippen LogP contribution is 2.24. The molecule has 0 amide bonds. The van der Waals surface area contributed by atoms with E-state index in [4.69, 9.17) is 14.2 Å². The maximum absolute atomic E-state index is 9.98. The monoisotopic (exact) mass is 483 g/mol. The van der Waals surface area contributed by atoms with Gasteiger partial charge in [0.1, 0.15) is 30.2 Å². The summed E-state index contributed by atoms with van der Waals surface area (Å²) in [4.78, 5) is 0. The fourth-order valence-corrected chi connectivity index (χ4v) is 2.83. The summed E-state index contributed by atoms with van der Waals surface area (Å²) >= 11 is 2.27. The zero-order chi connectivity index (χ0) is 18.9. The first-order chi connectivity index (χ1) is 12.6. The number of aliphatic hydroxyl groups excluding tert-OH is 4. The summed E-state index contributed by atoms with van der Waals surface area (Å²) in [6.45, 7) is 2.39. The average molecular weight is 483 g/mol. The molecular formula is C17H26INO7. The Morgan fingerprint density at radius 1 is 1.04 bits per heavy atom. The van der Waals surface area contributed by atoms with Crippen molar-refractivity contribution in [2.75, 3.05) is 30.8 Å². The number of hydrogen-bond acceptors (Lipinski definition) is 8. The van der Waals surface area contributed by atoms with Crippen LogP contribution in [-0.4, -0.2) is 81.9 Å². The maximum atomic E-state index is 9.98. The number of ether oxygens (including phenoxy) is 3. The molecule has 1 saturated heterocycles. The van der Waals surface area contributed by atoms with Crippen LogP contribution in [0.5, 0.6) is 5.75 Å². The van der Waals surface area contributed by atoms with Crippen molar-refractivity contribution in [1.82, 2.24) is 5.32 Å². The van der Waals surface area contributed by atoms with Gasteiger partial charge in [-0.3, -0.25) is 0 Å². The van der Waals surface area contributed by atoms with Crippen molar-refractivity contribution in [1.29, 1.82) is 0 Å². The van der Waals surface area contributed by atoms with Crippen molar-refractivity contribution >= 4 is 22.6 Å². The molecule has 0 aliphatic carbocycles. The fraction of sp³-hybridized carbons (Fsp3) is 0.647. The van der Waals surface area contributed by atoms with Gasteiger partial charge in [-0.1, -0.05) is 34.7 Å². The fourth-order valence-electron chi connectivity index (χ4n) is 2.52. The van der Waals surface area contributed by atoms with Crippen LogP contribution in [0.25, 0.3) is 0 Å². The van der Waals surface area contributed by atoms with Crippen molar-refractivity contribution in [3.05, 3.63) is 29.8 Å². The van der Waals surface area contributed by atoms with E-state index < -0.39 is 37.3 Å². The normalized spacial score (nSPS) is 28.9. The molecule has 0 saturated carbocycles. The van der Waals surface area contributed by atoms with E-state index in [2.05, 4.69) is 27.9 Å². The van der Waals surface area contributed by atoms with E-state index in [0.29, 0.717) is 18.9 Å². The third-order valence-corrected chi connectivity index (χ3v) is 4.44. The van der Waals surface area contributed by atoms with Gasteiger partial charge in [-0.15, -0.1) is 0 Å². The molecule has 148 valence electrons. The predicted molar refractivity (Wildman–Crippen MR) is 102 cm³/mol. The molecule has 1 aliphatic heterocycles. The van der Waals surface area contributed by atoms with Crippen LogP contribution in [-0.2, 0) is 16.0 Å². The summed E-state index contributed by atoms with van der Waals surface area (Å²) in [5.41, 5.74) is 1.06. The number of halogens is 1. The minimum absolute atomic E-state index is 0.448. The van der Waals surface area contributed by atoms with Crippen LogP contribution in [0.15, 0.2) is 24.3 Å². The van der Waals surface area contributed by atoms with Crippen LogP contribution in [0.3, 0.4) is 0 Å². The number of benzene rings is 1. The summed E-state index contributed by atoms with van der Waals surface area (Å²) in [5.74, 6) is 0.448. The molecule has 5 unspecified atom stereocenters. The Kier molecular flexibility index (Phi) is 9.50. The van der Waals surface area contributed by atoms with Gasteiger partial charge >= 0.3 is 0 Å². The highest BCUT2D eigenvalue weighted by atomic mass is 127. The molecule has 0 radical (unpaired) electrons. The maximum Gasteiger partial charge on any atom is 0.229 e. The first-order valence-electron chi connectivity index (χ1n) is 8.47. The van der Waals surface area contributed by atoms with Gasteiger partial charge in [-0.2, -0.15) is 0 Å². The second kappa shape index (κ2) is 11.3. The van der Waals surface area contributed by atoms with Gasteiger partial charge in [0.25, 0.3) is 0 Å². The average Bonchev–Trinajstić information content (AvgIpc) is 2.66. The Morgan fingerprint density at radius 3 is 2.42 bits per heavy atom. The molecule has 1 aromatic rings. The summed E-state index contributed by atoms with van der Waals surface area (Å²) in [6.07, 6.45) is -6.44. The van der Waals surface area contributed by atoms with E-state index in [1.807, 2.05) is 12.1 Å². The third kappa shape index (κ3) is 6.27. The lowest BCUT2D eigenvalue weighted by molar-refractivity contribution is -0.277. The lowest BCUT2D eigenvalue weighted by Gasteiger charge is -2.39. The molecule has 0 spiro atoms. The molecule has 8 nitrogen and oxygen atoms in total. The molecule has 5 N–H and O–H groups in total. The van der Waals surface area contributed by atoms with Crippen molar-refractivity contribution in [2.24, 2.45) is 0 Å². The van der Waals surface area contributed by atoms with Crippen molar-refractivity contribution in [3.8, 4) is 5.75 Å². The number of alkyl halides is 1. The lowest BCUT2D eigenvalue weighted by Crippen LogP contribution is -2.60. The predicted octanol–water partition coefficient (Wildman–Crippen LogP) is -0.593. The first-order valence-corrected chi connectivity index (χ1v) is 10.00. The second-order valence-electron chi connectivity index (χ2n) is 5.94. The molecule has 1 aromatic carbocycles. The Balaban J connectivity index is 1.81. The summed E-state index contributed by atoms with van der Waals surface area (Å²) in [6, 6.07) is 7.20. The molecule has 0 aromatic heterocycles. The minimum Gasteiger partial charge on any atom is -0.462 e. The number of nitrogens with one attached hydrogen (secondary N) is 1. The summed E-state index contributed by atoms with van der Waals surface area (Å²) < 4.78 is 17.2. The van der Waals surface area contributed by atoms with Gasteiger partial charge in [0, 0.05) is 17.5 Å². The van der Waals surface area contributed by atoms with Crippen molar-refractivity contribution in [2.45, 2.75) is 37.3 Å². The smallest absolute Gasteiger partial charge is 0.229 e. The zero-order valence-electron chi connectivity index (χ0n) is 14.3. The highest BCUT2D eigenvalue weighted by Gasteiger charge is 2.44. The lowest BCUT2D eigenvalue weighted by atomic mass is 9.99. The molecule has 26 heavy (non-hydrogen) atoms. The van der Waals surface area contributed by atoms with Gasteiger partial charge in [0.05, 0.1) is 19.8 Å². The van der Waals surface area contributed by atoms with Gasteiger partial charge in [0.15, 0.2) is 0 Å². The van der Waals surface area contributed by atoms with Crippen LogP contribution >= 0.6 is 22.6 Å². The Morgan fingerprint density at radius 2 is 1.77 bits per heavy atom. The number of hydrogen-bond donors (Lipinski definition) is 5. The summed E-state index contributed by atoms with van der Waals surface area (Å²) in [5, 5.41) is 42.0. The van der Waals surface area contributed by atoms with Gasteiger partial charge in [-0.05, 0) is 17.7 Å². The van der Waals surface area contributed by atoms with E-state index in [-0.39, 0.29) is 0 Å². The molecule has 5 atom stereocenters. The summed E-state index contributed by atoms with van der Waals surface area (Å²) in [7, 11) is 0. The first kappa shape index (κ1) is 21.8. The van der Waals surface area contributed by atoms with E-state index in [1.54, 1.807) is 12.1 Å². The SMILES string of the molecule is OCC1OC(Oc2ccc(CNCCOCCI)cc2)C(O)C(O)C1O. The van der Waals surface area contributed by atoms with Crippen LogP contribution in [0.4, 0.5) is 0 Å². The third-order valence-electron chi connectivity index (χ3n) is 4.00. The van der Waals surface area contributed by atoms with E-state index in [1.165, 1.54) is 0 Å². The van der Waals surface area contributed by atoms with Crippen LogP contribution in [0.1, 0.15) is 5.56 Å². The molecule has 1 aliphatic rings. The molecule has 1 heterocycles. The Labute approximate surface area is 166 Å². The standard InChI is InChI=1S/C17H26INO7/c18-5-7-24-8-6-19-9-11-1-3-12(4-2-11)25-17-16(23)15(22)14(21)13(10-20)26-17/h1-4,13-17,19-23H,5-10H2. The van der Waals surface area contributed by atoms with Crippen molar-refractivity contribution in [3.63, 3.8) is 0 Å². The Bertz CT molecular complexity index is 516. The minimum atomic E-state index is -1.45. The molecule has 0 bridgehead atoms. The van der Waals surface area contributed by atoms with Crippen LogP contribution < -0.4 is 10.1 Å². The van der Waals surface area contributed by atoms with Crippen LogP contribution in [0.2, 0.25) is 0 Å². The molecule has 2 rings (SSSR count). The Hall–Kier alpha value is -0.530. The van der Waals surface area contributed by atoms with Crippen molar-refractivity contribution < 1.29 is 34.6 Å². The van der Waals surface area contributed by atoms with Gasteiger partial charge < -0.3 is 40.0 Å². The van der Waals surface area contributed by atoms with Gasteiger partial charge in [0.2, 0.25) is 6.29 Å². The van der Waals surface area contributed by atoms with E-state index in [9.17, 15) is 20.4 Å². The highest BCUT2D eigenvalue weighted by molar-refractivity contribution is 14.1. The molecule has 9 heteroatoms. The largest absolute Gasteiger partial charge is 0.462 e. The van der Waals surface area contributed by atoms with E-state index in [0.717, 1.165) is 23.1 Å². The quantitative estimate of drug-likeness (QED) is 0.170. The van der Waals surface area contributed by atoms with Crippen LogP contribution in [0, 0.1) is 0 Å². The zero-order valence-corrected chi connectivity index (χ0v) is 16.5. The molecular weight excluding hydrogens is 457 g/mol. The second-order valence-corrected chi connectivity index (χ2v) is 7.02. The number of rotatable bonds is 10. The molecule has 1 fully saturated rings. The topological polar surface area (TPSA) is 121 Å². The van der Waals surface area contributed by atoms with E-state index >= 15 is 0 Å². The van der Waals surface area contributed by atoms with Gasteiger partial charge in [-0.25, -0.2) is 0 Å².